The number of pyridine rings is 1. The predicted molar refractivity (Wildman–Crippen MR) is 104 cm³/mol. The fraction of sp³-hybridized carbons (Fsp3) is 0.0909. The number of aromatic nitrogens is 2. The molecule has 0 aliphatic rings. The molecule has 0 saturated carbocycles. The van der Waals surface area contributed by atoms with Crippen LogP contribution in [0.5, 0.6) is 0 Å². The van der Waals surface area contributed by atoms with Crippen LogP contribution in [0.1, 0.15) is 24.5 Å². The van der Waals surface area contributed by atoms with Crippen molar-refractivity contribution in [2.24, 2.45) is 0 Å². The fourth-order valence-corrected chi connectivity index (χ4v) is 2.59. The molecule has 0 radical (unpaired) electrons. The van der Waals surface area contributed by atoms with Crippen LogP contribution in [-0.4, -0.2) is 15.9 Å². The molecular weight excluding hydrogens is 340 g/mol. The van der Waals surface area contributed by atoms with Gasteiger partial charge in [0.05, 0.1) is 0 Å². The van der Waals surface area contributed by atoms with E-state index in [4.69, 9.17) is 0 Å². The molecule has 4 rings (SSSR count). The predicted octanol–water partition coefficient (Wildman–Crippen LogP) is 2.56. The molecular formula is C22H17N2O3-. The maximum atomic E-state index is 11.9. The lowest BCUT2D eigenvalue weighted by atomic mass is 10.1. The van der Waals surface area contributed by atoms with Crippen LogP contribution >= 0.6 is 0 Å². The second-order valence-electron chi connectivity index (χ2n) is 5.82. The molecule has 0 fully saturated rings. The van der Waals surface area contributed by atoms with Crippen molar-refractivity contribution in [1.29, 1.82) is 0 Å². The summed E-state index contributed by atoms with van der Waals surface area (Å²) in [5.41, 5.74) is 3.22. The first-order chi connectivity index (χ1) is 13.1. The van der Waals surface area contributed by atoms with Gasteiger partial charge in [0, 0.05) is 39.6 Å². The Morgan fingerprint density at radius 2 is 1.70 bits per heavy atom. The van der Waals surface area contributed by atoms with E-state index in [-0.39, 0.29) is 12.0 Å². The molecule has 0 bridgehead atoms. The minimum Gasteiger partial charge on any atom is -0.550 e. The standard InChI is InChI=1S/C19H12N2O.C3H6O2/c22-19-18-15(10-11-20-18)16-12-14(8-9-17(16)21-19)7-6-13-4-2-1-3-5-13;1-2-3(4)5/h1-5,8-12,20H,(H,21,22);2H2,1H3,(H,4,5)/p-1. The third-order valence-corrected chi connectivity index (χ3v) is 3.95. The largest absolute Gasteiger partial charge is 0.550 e. The van der Waals surface area contributed by atoms with E-state index in [9.17, 15) is 14.7 Å². The zero-order valence-corrected chi connectivity index (χ0v) is 14.7. The van der Waals surface area contributed by atoms with Crippen molar-refractivity contribution in [2.45, 2.75) is 13.3 Å². The maximum absolute atomic E-state index is 11.9. The van der Waals surface area contributed by atoms with Crippen LogP contribution in [0.2, 0.25) is 0 Å². The van der Waals surface area contributed by atoms with Crippen LogP contribution in [0.15, 0.2) is 65.6 Å². The molecule has 0 atom stereocenters. The van der Waals surface area contributed by atoms with Gasteiger partial charge in [-0.15, -0.1) is 0 Å². The molecule has 2 N–H and O–H groups in total. The van der Waals surface area contributed by atoms with E-state index in [0.29, 0.717) is 5.52 Å². The minimum absolute atomic E-state index is 0.101. The third-order valence-electron chi connectivity index (χ3n) is 3.95. The summed E-state index contributed by atoms with van der Waals surface area (Å²) in [5, 5.41) is 11.2. The van der Waals surface area contributed by atoms with Crippen LogP contribution < -0.4 is 10.7 Å². The van der Waals surface area contributed by atoms with E-state index in [1.807, 2.05) is 54.6 Å². The Hall–Kier alpha value is -3.78. The number of H-pyrrole nitrogens is 2. The Morgan fingerprint density at radius 1 is 1.00 bits per heavy atom. The monoisotopic (exact) mass is 357 g/mol. The summed E-state index contributed by atoms with van der Waals surface area (Å²) in [5.74, 6) is 5.33. The number of aromatic amines is 2. The summed E-state index contributed by atoms with van der Waals surface area (Å²) in [6, 6.07) is 17.6. The molecule has 0 unspecified atom stereocenters. The SMILES string of the molecule is CCC(=O)[O-].O=c1[nH]c2ccc(C#Cc3ccccc3)cc2c2cc[nH]c12. The van der Waals surface area contributed by atoms with E-state index in [1.54, 1.807) is 6.20 Å². The molecule has 134 valence electrons. The maximum Gasteiger partial charge on any atom is 0.272 e. The number of benzene rings is 2. The van der Waals surface area contributed by atoms with E-state index in [1.165, 1.54) is 6.92 Å². The van der Waals surface area contributed by atoms with Gasteiger partial charge in [-0.05, 0) is 42.8 Å². The topological polar surface area (TPSA) is 88.8 Å². The van der Waals surface area contributed by atoms with Crippen molar-refractivity contribution in [3.63, 3.8) is 0 Å². The highest BCUT2D eigenvalue weighted by atomic mass is 16.4. The molecule has 0 aliphatic heterocycles. The van der Waals surface area contributed by atoms with Gasteiger partial charge in [0.1, 0.15) is 5.52 Å². The van der Waals surface area contributed by atoms with Gasteiger partial charge >= 0.3 is 0 Å². The van der Waals surface area contributed by atoms with Crippen molar-refractivity contribution >= 4 is 27.8 Å². The molecule has 4 aromatic rings. The lowest BCUT2D eigenvalue weighted by Gasteiger charge is -2.00. The van der Waals surface area contributed by atoms with Crippen LogP contribution in [0, 0.1) is 11.8 Å². The Labute approximate surface area is 155 Å². The average Bonchev–Trinajstić information content (AvgIpc) is 3.19. The molecule has 2 aromatic carbocycles. The number of carbonyl (C=O) groups is 1. The van der Waals surface area contributed by atoms with Crippen molar-refractivity contribution in [1.82, 2.24) is 9.97 Å². The van der Waals surface area contributed by atoms with E-state index in [2.05, 4.69) is 21.8 Å². The molecule has 0 saturated heterocycles. The number of hydrogen-bond donors (Lipinski definition) is 2. The number of nitrogens with one attached hydrogen (secondary N) is 2. The Kier molecular flexibility index (Phi) is 5.38. The first-order valence-electron chi connectivity index (χ1n) is 8.48. The third kappa shape index (κ3) is 4.25. The van der Waals surface area contributed by atoms with E-state index < -0.39 is 5.97 Å². The fourth-order valence-electron chi connectivity index (χ4n) is 2.59. The van der Waals surface area contributed by atoms with Crippen LogP contribution in [0.25, 0.3) is 21.8 Å². The van der Waals surface area contributed by atoms with Crippen molar-refractivity contribution < 1.29 is 9.90 Å². The first-order valence-corrected chi connectivity index (χ1v) is 8.48. The minimum atomic E-state index is -0.995. The summed E-state index contributed by atoms with van der Waals surface area (Å²) in [6.45, 7) is 1.54. The molecule has 27 heavy (non-hydrogen) atoms. The normalized spacial score (nSPS) is 9.96. The van der Waals surface area contributed by atoms with Gasteiger partial charge in [-0.1, -0.05) is 37.0 Å². The van der Waals surface area contributed by atoms with Gasteiger partial charge < -0.3 is 19.9 Å². The number of carbonyl (C=O) groups excluding carboxylic acids is 1. The second kappa shape index (κ2) is 8.07. The smallest absolute Gasteiger partial charge is 0.272 e. The zero-order chi connectivity index (χ0) is 19.2. The number of carboxylic acids is 1. The summed E-state index contributed by atoms with van der Waals surface area (Å²) in [6.07, 6.45) is 1.89. The van der Waals surface area contributed by atoms with Gasteiger partial charge in [-0.25, -0.2) is 0 Å². The van der Waals surface area contributed by atoms with Gasteiger partial charge in [0.2, 0.25) is 0 Å². The summed E-state index contributed by atoms with van der Waals surface area (Å²) in [4.78, 5) is 27.1. The van der Waals surface area contributed by atoms with Crippen molar-refractivity contribution in [3.8, 4) is 11.8 Å². The summed E-state index contributed by atoms with van der Waals surface area (Å²) >= 11 is 0. The van der Waals surface area contributed by atoms with Gasteiger partial charge in [0.15, 0.2) is 0 Å². The zero-order valence-electron chi connectivity index (χ0n) is 14.7. The van der Waals surface area contributed by atoms with Crippen molar-refractivity contribution in [3.05, 3.63) is 82.3 Å². The summed E-state index contributed by atoms with van der Waals surface area (Å²) < 4.78 is 0. The highest BCUT2D eigenvalue weighted by Gasteiger charge is 2.05. The first kappa shape index (κ1) is 18.0. The number of aliphatic carboxylic acids is 1. The summed E-state index contributed by atoms with van der Waals surface area (Å²) in [7, 11) is 0. The average molecular weight is 357 g/mol. The molecule has 5 heteroatoms. The number of hydrogen-bond acceptors (Lipinski definition) is 3. The Balaban J connectivity index is 0.000000376. The quantitative estimate of drug-likeness (QED) is 0.513. The van der Waals surface area contributed by atoms with E-state index in [0.717, 1.165) is 27.4 Å². The highest BCUT2D eigenvalue weighted by Crippen LogP contribution is 2.21. The molecule has 5 nitrogen and oxygen atoms in total. The number of fused-ring (bicyclic) bond motifs is 3. The highest BCUT2D eigenvalue weighted by molar-refractivity contribution is 6.04. The Morgan fingerprint density at radius 3 is 2.41 bits per heavy atom. The van der Waals surface area contributed by atoms with Crippen molar-refractivity contribution in [2.75, 3.05) is 0 Å². The Bertz CT molecular complexity index is 1210. The van der Waals surface area contributed by atoms with E-state index >= 15 is 0 Å². The molecule has 0 amide bonds. The van der Waals surface area contributed by atoms with Crippen LogP contribution in [-0.2, 0) is 4.79 Å². The number of carboxylic acid groups (broad SMARTS) is 1. The molecule has 2 aromatic heterocycles. The number of rotatable bonds is 1. The second-order valence-corrected chi connectivity index (χ2v) is 5.82. The van der Waals surface area contributed by atoms with Crippen LogP contribution in [0.4, 0.5) is 0 Å². The van der Waals surface area contributed by atoms with Gasteiger partial charge in [-0.3, -0.25) is 4.79 Å². The molecule has 2 heterocycles. The molecule has 0 spiro atoms. The van der Waals surface area contributed by atoms with Gasteiger partial charge in [-0.2, -0.15) is 0 Å². The lowest BCUT2D eigenvalue weighted by Crippen LogP contribution is -2.19. The lowest BCUT2D eigenvalue weighted by molar-refractivity contribution is -0.305. The van der Waals surface area contributed by atoms with Gasteiger partial charge in [0.25, 0.3) is 5.56 Å². The molecule has 0 aliphatic carbocycles. The van der Waals surface area contributed by atoms with Crippen LogP contribution in [0.3, 0.4) is 0 Å².